The van der Waals surface area contributed by atoms with Crippen LogP contribution in [0, 0.1) is 11.8 Å². The summed E-state index contributed by atoms with van der Waals surface area (Å²) in [5.41, 5.74) is 0. The van der Waals surface area contributed by atoms with Crippen molar-refractivity contribution >= 4 is 18.1 Å². The molecule has 0 aliphatic rings. The zero-order valence-electron chi connectivity index (χ0n) is 15.1. The van der Waals surface area contributed by atoms with Crippen molar-refractivity contribution in [3.05, 3.63) is 23.7 Å². The lowest BCUT2D eigenvalue weighted by molar-refractivity contribution is -0.124. The summed E-state index contributed by atoms with van der Waals surface area (Å²) >= 11 is 0. The van der Waals surface area contributed by atoms with Gasteiger partial charge in [-0.05, 0) is 36.8 Å². The lowest BCUT2D eigenvalue weighted by atomic mass is 9.99. The van der Waals surface area contributed by atoms with E-state index in [0.717, 1.165) is 12.8 Å². The molecule has 134 valence electrons. The Hall–Kier alpha value is -2.11. The van der Waals surface area contributed by atoms with Gasteiger partial charge in [0.25, 0.3) is 5.91 Å². The molecule has 0 saturated heterocycles. The van der Waals surface area contributed by atoms with E-state index in [2.05, 4.69) is 24.5 Å². The van der Waals surface area contributed by atoms with Gasteiger partial charge in [0.15, 0.2) is 17.8 Å². The van der Waals surface area contributed by atoms with Crippen LogP contribution in [0.4, 0.5) is 0 Å². The molecule has 0 aliphatic carbocycles. The second-order valence-electron chi connectivity index (χ2n) is 6.76. The van der Waals surface area contributed by atoms with Gasteiger partial charge in [-0.25, -0.2) is 0 Å². The van der Waals surface area contributed by atoms with E-state index in [-0.39, 0.29) is 29.4 Å². The van der Waals surface area contributed by atoms with Gasteiger partial charge in [-0.2, -0.15) is 0 Å². The molecule has 1 aromatic rings. The average Bonchev–Trinajstić information content (AvgIpc) is 2.99. The van der Waals surface area contributed by atoms with Crippen LogP contribution in [0.3, 0.4) is 0 Å². The number of furan rings is 1. The van der Waals surface area contributed by atoms with Gasteiger partial charge in [0.1, 0.15) is 6.04 Å². The molecule has 0 bridgehead atoms. The molecule has 0 saturated carbocycles. The molecule has 2 atom stereocenters. The normalized spacial score (nSPS) is 13.6. The molecule has 2 N–H and O–H groups in total. The van der Waals surface area contributed by atoms with Crippen molar-refractivity contribution in [2.45, 2.75) is 59.5 Å². The Morgan fingerprint density at radius 3 is 2.29 bits per heavy atom. The van der Waals surface area contributed by atoms with Gasteiger partial charge in [0.2, 0.25) is 5.91 Å². The summed E-state index contributed by atoms with van der Waals surface area (Å²) < 4.78 is 5.10. The largest absolute Gasteiger partial charge is 0.448 e. The van der Waals surface area contributed by atoms with Gasteiger partial charge in [0, 0.05) is 6.04 Å². The molecule has 1 rings (SSSR count). The lowest BCUT2D eigenvalue weighted by Crippen LogP contribution is -2.52. The van der Waals surface area contributed by atoms with E-state index in [1.807, 2.05) is 20.8 Å². The maximum atomic E-state index is 12.6. The third-order valence-electron chi connectivity index (χ3n) is 3.80. The van der Waals surface area contributed by atoms with Crippen LogP contribution in [0.25, 0.3) is 0 Å². The van der Waals surface area contributed by atoms with E-state index in [1.54, 1.807) is 0 Å². The van der Waals surface area contributed by atoms with Crippen molar-refractivity contribution in [1.29, 1.82) is 0 Å². The van der Waals surface area contributed by atoms with Crippen LogP contribution in [0.5, 0.6) is 0 Å². The van der Waals surface area contributed by atoms with Crippen molar-refractivity contribution in [2.75, 3.05) is 0 Å². The van der Waals surface area contributed by atoms with Crippen LogP contribution in [0.2, 0.25) is 0 Å². The highest BCUT2D eigenvalue weighted by atomic mass is 16.4. The third-order valence-corrected chi connectivity index (χ3v) is 3.80. The molecule has 1 aromatic heterocycles. The number of hydrogen-bond donors (Lipinski definition) is 2. The van der Waals surface area contributed by atoms with E-state index in [9.17, 15) is 14.4 Å². The van der Waals surface area contributed by atoms with E-state index in [4.69, 9.17) is 4.42 Å². The van der Waals surface area contributed by atoms with E-state index in [1.165, 1.54) is 12.1 Å². The van der Waals surface area contributed by atoms with Gasteiger partial charge in [-0.1, -0.05) is 34.6 Å². The van der Waals surface area contributed by atoms with Crippen LogP contribution >= 0.6 is 0 Å². The molecular formula is C18H28N2O4. The molecule has 2 amide bonds. The van der Waals surface area contributed by atoms with Gasteiger partial charge in [-0.15, -0.1) is 0 Å². The fourth-order valence-corrected chi connectivity index (χ4v) is 2.47. The number of aldehydes is 1. The number of carbonyl (C=O) groups is 3. The highest BCUT2D eigenvalue weighted by molar-refractivity contribution is 5.96. The van der Waals surface area contributed by atoms with E-state index < -0.39 is 11.9 Å². The van der Waals surface area contributed by atoms with Crippen LogP contribution in [0.15, 0.2) is 16.5 Å². The van der Waals surface area contributed by atoms with Crippen LogP contribution in [-0.4, -0.2) is 30.2 Å². The molecular weight excluding hydrogens is 308 g/mol. The Labute approximate surface area is 143 Å². The molecule has 0 spiro atoms. The Morgan fingerprint density at radius 1 is 1.17 bits per heavy atom. The Bertz CT molecular complexity index is 563. The first-order chi connectivity index (χ1) is 11.3. The molecule has 24 heavy (non-hydrogen) atoms. The Morgan fingerprint density at radius 2 is 1.83 bits per heavy atom. The maximum absolute atomic E-state index is 12.6. The van der Waals surface area contributed by atoms with E-state index >= 15 is 0 Å². The van der Waals surface area contributed by atoms with Gasteiger partial charge < -0.3 is 15.1 Å². The number of hydrogen-bond acceptors (Lipinski definition) is 4. The molecule has 0 aliphatic heterocycles. The summed E-state index contributed by atoms with van der Waals surface area (Å²) in [5, 5.41) is 5.70. The number of carbonyl (C=O) groups excluding carboxylic acids is 3. The first-order valence-electron chi connectivity index (χ1n) is 8.44. The summed E-state index contributed by atoms with van der Waals surface area (Å²) in [7, 11) is 0. The predicted octanol–water partition coefficient (Wildman–Crippen LogP) is 2.79. The third kappa shape index (κ3) is 5.83. The molecule has 0 radical (unpaired) electrons. The Balaban J connectivity index is 2.76. The van der Waals surface area contributed by atoms with E-state index in [0.29, 0.717) is 12.2 Å². The van der Waals surface area contributed by atoms with Crippen LogP contribution < -0.4 is 10.6 Å². The maximum Gasteiger partial charge on any atom is 0.287 e. The summed E-state index contributed by atoms with van der Waals surface area (Å²) in [6, 6.07) is 2.26. The minimum absolute atomic E-state index is 0.0183. The van der Waals surface area contributed by atoms with Crippen molar-refractivity contribution in [3.8, 4) is 0 Å². The Kier molecular flexibility index (Phi) is 7.68. The summed E-state index contributed by atoms with van der Waals surface area (Å²) in [4.78, 5) is 35.4. The van der Waals surface area contributed by atoms with Gasteiger partial charge >= 0.3 is 0 Å². The van der Waals surface area contributed by atoms with Gasteiger partial charge in [-0.3, -0.25) is 14.4 Å². The number of amides is 2. The molecule has 1 heterocycles. The standard InChI is InChI=1S/C18H28N2O4/c1-6-13(9-11(2)3)19-18(23)16(12(4)5)20-17(22)15-8-7-14(10-21)24-15/h7-8,10-13,16H,6,9H2,1-5H3,(H,19,23)(H,20,22)/t13-,16+/m1/s1. The topological polar surface area (TPSA) is 88.4 Å². The highest BCUT2D eigenvalue weighted by Gasteiger charge is 2.27. The summed E-state index contributed by atoms with van der Waals surface area (Å²) in [6.45, 7) is 9.98. The fraction of sp³-hybridized carbons (Fsp3) is 0.611. The summed E-state index contributed by atoms with van der Waals surface area (Å²) in [5.74, 6) is -0.210. The minimum Gasteiger partial charge on any atom is -0.448 e. The second kappa shape index (κ2) is 9.25. The SMILES string of the molecule is CC[C@H](CC(C)C)NC(=O)[C@@H](NC(=O)c1ccc(C=O)o1)C(C)C. The summed E-state index contributed by atoms with van der Waals surface area (Å²) in [6.07, 6.45) is 2.26. The zero-order chi connectivity index (χ0) is 18.3. The first-order valence-corrected chi connectivity index (χ1v) is 8.44. The molecule has 0 aromatic carbocycles. The number of rotatable bonds is 9. The molecule has 0 fully saturated rings. The molecule has 0 unspecified atom stereocenters. The van der Waals surface area contributed by atoms with Crippen LogP contribution in [0.1, 0.15) is 68.6 Å². The molecule has 6 heteroatoms. The fourth-order valence-electron chi connectivity index (χ4n) is 2.47. The first kappa shape index (κ1) is 19.9. The van der Waals surface area contributed by atoms with Crippen molar-refractivity contribution < 1.29 is 18.8 Å². The average molecular weight is 336 g/mol. The number of nitrogens with one attached hydrogen (secondary N) is 2. The predicted molar refractivity (Wildman–Crippen MR) is 91.9 cm³/mol. The molecule has 6 nitrogen and oxygen atoms in total. The van der Waals surface area contributed by atoms with Gasteiger partial charge in [0.05, 0.1) is 0 Å². The van der Waals surface area contributed by atoms with Crippen molar-refractivity contribution in [3.63, 3.8) is 0 Å². The van der Waals surface area contributed by atoms with Crippen molar-refractivity contribution in [2.24, 2.45) is 11.8 Å². The lowest BCUT2D eigenvalue weighted by Gasteiger charge is -2.25. The second-order valence-corrected chi connectivity index (χ2v) is 6.76. The smallest absolute Gasteiger partial charge is 0.287 e. The van der Waals surface area contributed by atoms with Crippen molar-refractivity contribution in [1.82, 2.24) is 10.6 Å². The van der Waals surface area contributed by atoms with Crippen LogP contribution in [-0.2, 0) is 4.79 Å². The quantitative estimate of drug-likeness (QED) is 0.679. The highest BCUT2D eigenvalue weighted by Crippen LogP contribution is 2.11. The minimum atomic E-state index is -0.663. The zero-order valence-corrected chi connectivity index (χ0v) is 15.1. The monoisotopic (exact) mass is 336 g/mol.